The Labute approximate surface area is 139 Å². The molecule has 0 atom stereocenters. The lowest BCUT2D eigenvalue weighted by Gasteiger charge is -2.27. The molecule has 2 aromatic heterocycles. The molecule has 0 aromatic carbocycles. The predicted octanol–water partition coefficient (Wildman–Crippen LogP) is 3.42. The highest BCUT2D eigenvalue weighted by molar-refractivity contribution is 7.21. The van der Waals surface area contributed by atoms with E-state index in [0.717, 1.165) is 23.7 Å². The number of fused-ring (bicyclic) bond motifs is 1. The molecule has 2 aromatic rings. The van der Waals surface area contributed by atoms with Crippen LogP contribution in [-0.2, 0) is 4.74 Å². The van der Waals surface area contributed by atoms with Crippen LogP contribution in [0.2, 0.25) is 0 Å². The quantitative estimate of drug-likeness (QED) is 0.906. The molecule has 0 unspecified atom stereocenters. The number of rotatable bonds is 2. The van der Waals surface area contributed by atoms with Crippen molar-refractivity contribution in [3.05, 3.63) is 6.20 Å². The first kappa shape index (κ1) is 15.9. The van der Waals surface area contributed by atoms with Gasteiger partial charge in [0.1, 0.15) is 11.4 Å². The molecule has 8 heteroatoms. The summed E-state index contributed by atoms with van der Waals surface area (Å²) in [6.45, 7) is 7.49. The third-order valence-electron chi connectivity index (χ3n) is 3.40. The van der Waals surface area contributed by atoms with Crippen molar-refractivity contribution in [2.24, 2.45) is 0 Å². The molecular formula is C15H21N5O2S. The molecule has 0 radical (unpaired) electrons. The first-order valence-corrected chi connectivity index (χ1v) is 8.61. The second kappa shape index (κ2) is 6.27. The average Bonchev–Trinajstić information content (AvgIpc) is 2.87. The van der Waals surface area contributed by atoms with E-state index in [1.54, 1.807) is 6.20 Å². The van der Waals surface area contributed by atoms with E-state index in [0.29, 0.717) is 10.8 Å². The molecule has 1 fully saturated rings. The molecule has 23 heavy (non-hydrogen) atoms. The zero-order valence-electron chi connectivity index (χ0n) is 13.6. The Kier molecular flexibility index (Phi) is 4.34. The van der Waals surface area contributed by atoms with Gasteiger partial charge in [0.2, 0.25) is 0 Å². The van der Waals surface area contributed by atoms with Crippen LogP contribution in [0.25, 0.3) is 10.5 Å². The van der Waals surface area contributed by atoms with Crippen LogP contribution < -0.4 is 10.2 Å². The fraction of sp³-hybridized carbons (Fsp3) is 0.600. The molecule has 1 aliphatic rings. The molecule has 3 heterocycles. The van der Waals surface area contributed by atoms with Crippen molar-refractivity contribution in [3.8, 4) is 0 Å². The first-order valence-electron chi connectivity index (χ1n) is 7.79. The van der Waals surface area contributed by atoms with Gasteiger partial charge < -0.3 is 9.64 Å². The summed E-state index contributed by atoms with van der Waals surface area (Å²) in [5.74, 6) is 0.879. The van der Waals surface area contributed by atoms with Gasteiger partial charge in [-0.05, 0) is 40.0 Å². The van der Waals surface area contributed by atoms with Gasteiger partial charge in [-0.1, -0.05) is 11.3 Å². The summed E-state index contributed by atoms with van der Waals surface area (Å²) in [4.78, 5) is 28.0. The molecule has 3 rings (SSSR count). The standard InChI is InChI=1S/C15H21N5O2S/c1-15(2,3)22-14(21)19-13-18-11-12(23-13)17-10(9-16-11)20-7-5-4-6-8-20/h9H,4-8H2,1-3H3,(H,16,18,19,21). The Balaban J connectivity index is 1.75. The number of carbonyl (C=O) groups excluding carboxylic acids is 1. The summed E-state index contributed by atoms with van der Waals surface area (Å²) in [6, 6.07) is 0. The second-order valence-electron chi connectivity index (χ2n) is 6.55. The Morgan fingerprint density at radius 1 is 1.26 bits per heavy atom. The number of nitrogens with zero attached hydrogens (tertiary/aromatic N) is 4. The largest absolute Gasteiger partial charge is 0.444 e. The van der Waals surface area contributed by atoms with Crippen LogP contribution in [0.3, 0.4) is 0 Å². The van der Waals surface area contributed by atoms with E-state index in [9.17, 15) is 4.79 Å². The number of nitrogens with one attached hydrogen (secondary N) is 1. The molecule has 124 valence electrons. The van der Waals surface area contributed by atoms with Gasteiger partial charge in [-0.25, -0.2) is 14.8 Å². The van der Waals surface area contributed by atoms with Gasteiger partial charge in [-0.3, -0.25) is 5.32 Å². The molecule has 0 spiro atoms. The number of anilines is 2. The van der Waals surface area contributed by atoms with Gasteiger partial charge >= 0.3 is 6.09 Å². The van der Waals surface area contributed by atoms with Crippen molar-refractivity contribution in [2.75, 3.05) is 23.3 Å². The maximum atomic E-state index is 11.8. The predicted molar refractivity (Wildman–Crippen MR) is 91.1 cm³/mol. The number of hydrogen-bond donors (Lipinski definition) is 1. The van der Waals surface area contributed by atoms with Gasteiger partial charge in [-0.15, -0.1) is 0 Å². The third-order valence-corrected chi connectivity index (χ3v) is 4.25. The maximum absolute atomic E-state index is 11.8. The maximum Gasteiger partial charge on any atom is 0.413 e. The summed E-state index contributed by atoms with van der Waals surface area (Å²) in [7, 11) is 0. The Bertz CT molecular complexity index is 703. The summed E-state index contributed by atoms with van der Waals surface area (Å²) in [5, 5.41) is 3.09. The van der Waals surface area contributed by atoms with Gasteiger partial charge in [-0.2, -0.15) is 4.98 Å². The fourth-order valence-corrected chi connectivity index (χ4v) is 3.21. The molecular weight excluding hydrogens is 314 g/mol. The van der Waals surface area contributed by atoms with E-state index in [2.05, 4.69) is 25.2 Å². The minimum absolute atomic E-state index is 0.449. The van der Waals surface area contributed by atoms with E-state index >= 15 is 0 Å². The molecule has 1 N–H and O–H groups in total. The van der Waals surface area contributed by atoms with Crippen LogP contribution in [0, 0.1) is 0 Å². The van der Waals surface area contributed by atoms with Crippen molar-refractivity contribution in [2.45, 2.75) is 45.6 Å². The third kappa shape index (κ3) is 4.07. The van der Waals surface area contributed by atoms with E-state index in [1.165, 1.54) is 30.6 Å². The van der Waals surface area contributed by atoms with Gasteiger partial charge in [0.05, 0.1) is 6.20 Å². The van der Waals surface area contributed by atoms with Gasteiger partial charge in [0.15, 0.2) is 15.6 Å². The number of amides is 1. The van der Waals surface area contributed by atoms with Crippen LogP contribution in [0.4, 0.5) is 15.7 Å². The highest BCUT2D eigenvalue weighted by Crippen LogP contribution is 2.26. The lowest BCUT2D eigenvalue weighted by molar-refractivity contribution is 0.0636. The van der Waals surface area contributed by atoms with Crippen molar-refractivity contribution in [1.82, 2.24) is 15.0 Å². The Morgan fingerprint density at radius 2 is 2.00 bits per heavy atom. The topological polar surface area (TPSA) is 80.2 Å². The second-order valence-corrected chi connectivity index (χ2v) is 7.53. The van der Waals surface area contributed by atoms with Crippen LogP contribution in [0.15, 0.2) is 6.20 Å². The van der Waals surface area contributed by atoms with Crippen molar-refractivity contribution < 1.29 is 9.53 Å². The van der Waals surface area contributed by atoms with Crippen molar-refractivity contribution in [1.29, 1.82) is 0 Å². The monoisotopic (exact) mass is 335 g/mol. The van der Waals surface area contributed by atoms with Crippen molar-refractivity contribution >= 4 is 38.9 Å². The van der Waals surface area contributed by atoms with Gasteiger partial charge in [0, 0.05) is 13.1 Å². The molecule has 0 bridgehead atoms. The summed E-state index contributed by atoms with van der Waals surface area (Å²) < 4.78 is 5.22. The lowest BCUT2D eigenvalue weighted by atomic mass is 10.1. The Morgan fingerprint density at radius 3 is 2.70 bits per heavy atom. The van der Waals surface area contributed by atoms with E-state index in [4.69, 9.17) is 4.74 Å². The normalized spacial score (nSPS) is 15.7. The molecule has 1 aliphatic heterocycles. The summed E-state index contributed by atoms with van der Waals surface area (Å²) in [6.07, 6.45) is 4.89. The number of carbonyl (C=O) groups is 1. The SMILES string of the molecule is CC(C)(C)OC(=O)Nc1nc2ncc(N3CCCCC3)nc2s1. The number of ether oxygens (including phenoxy) is 1. The minimum Gasteiger partial charge on any atom is -0.444 e. The summed E-state index contributed by atoms with van der Waals surface area (Å²) >= 11 is 1.31. The highest BCUT2D eigenvalue weighted by Gasteiger charge is 2.19. The van der Waals surface area contributed by atoms with Crippen LogP contribution in [-0.4, -0.2) is 39.7 Å². The van der Waals surface area contributed by atoms with Crippen LogP contribution in [0.1, 0.15) is 40.0 Å². The molecule has 0 saturated carbocycles. The number of piperidine rings is 1. The smallest absolute Gasteiger partial charge is 0.413 e. The minimum atomic E-state index is -0.543. The highest BCUT2D eigenvalue weighted by atomic mass is 32.1. The molecule has 0 aliphatic carbocycles. The lowest BCUT2D eigenvalue weighted by Crippen LogP contribution is -2.30. The number of aromatic nitrogens is 3. The fourth-order valence-electron chi connectivity index (χ4n) is 2.43. The zero-order chi connectivity index (χ0) is 16.4. The number of thiazole rings is 1. The van der Waals surface area contributed by atoms with Crippen LogP contribution in [0.5, 0.6) is 0 Å². The molecule has 1 saturated heterocycles. The van der Waals surface area contributed by atoms with E-state index in [1.807, 2.05) is 20.8 Å². The summed E-state index contributed by atoms with van der Waals surface area (Å²) in [5.41, 5.74) is 0.000391. The van der Waals surface area contributed by atoms with E-state index in [-0.39, 0.29) is 0 Å². The average molecular weight is 335 g/mol. The zero-order valence-corrected chi connectivity index (χ0v) is 14.4. The molecule has 1 amide bonds. The van der Waals surface area contributed by atoms with Gasteiger partial charge in [0.25, 0.3) is 0 Å². The Hall–Kier alpha value is -1.96. The molecule has 7 nitrogen and oxygen atoms in total. The first-order chi connectivity index (χ1) is 10.9. The van der Waals surface area contributed by atoms with E-state index < -0.39 is 11.7 Å². The number of hydrogen-bond acceptors (Lipinski definition) is 7. The van der Waals surface area contributed by atoms with Crippen molar-refractivity contribution in [3.63, 3.8) is 0 Å². The van der Waals surface area contributed by atoms with Crippen LogP contribution >= 0.6 is 11.3 Å².